The standard InChI is InChI=1S/C21H21ClN2O3S/c1-13-15(22)9-7-11-17(13)24-19(26)14-8-5-6-10-16(14)23-20(24)28-12-18(25)27-21(2,3)4/h5-11H,12H2,1-4H3. The number of esters is 1. The Morgan fingerprint density at radius 3 is 2.61 bits per heavy atom. The van der Waals surface area contributed by atoms with Crippen molar-refractivity contribution >= 4 is 40.2 Å². The summed E-state index contributed by atoms with van der Waals surface area (Å²) >= 11 is 7.44. The summed E-state index contributed by atoms with van der Waals surface area (Å²) in [6.45, 7) is 7.29. The van der Waals surface area contributed by atoms with Gasteiger partial charge in [0.15, 0.2) is 5.16 Å². The molecule has 0 atom stereocenters. The normalized spacial score (nSPS) is 11.6. The monoisotopic (exact) mass is 416 g/mol. The molecule has 28 heavy (non-hydrogen) atoms. The fourth-order valence-corrected chi connectivity index (χ4v) is 3.70. The first-order chi connectivity index (χ1) is 13.2. The fraction of sp³-hybridized carbons (Fsp3) is 0.286. The maximum Gasteiger partial charge on any atom is 0.316 e. The highest BCUT2D eigenvalue weighted by Crippen LogP contribution is 2.26. The molecule has 0 aliphatic rings. The maximum absolute atomic E-state index is 13.2. The van der Waals surface area contributed by atoms with Crippen LogP contribution in [0.2, 0.25) is 5.02 Å². The Kier molecular flexibility index (Phi) is 5.82. The van der Waals surface area contributed by atoms with E-state index in [1.807, 2.05) is 39.8 Å². The molecule has 0 saturated carbocycles. The molecule has 3 rings (SSSR count). The lowest BCUT2D eigenvalue weighted by Crippen LogP contribution is -2.26. The highest BCUT2D eigenvalue weighted by Gasteiger charge is 2.20. The molecule has 0 N–H and O–H groups in total. The smallest absolute Gasteiger partial charge is 0.316 e. The van der Waals surface area contributed by atoms with Gasteiger partial charge in [0, 0.05) is 5.02 Å². The second kappa shape index (κ2) is 7.97. The topological polar surface area (TPSA) is 61.2 Å². The number of carbonyl (C=O) groups is 1. The molecule has 0 amide bonds. The number of nitrogens with zero attached hydrogens (tertiary/aromatic N) is 2. The second-order valence-electron chi connectivity index (χ2n) is 7.31. The number of fused-ring (bicyclic) bond motifs is 1. The average molecular weight is 417 g/mol. The van der Waals surface area contributed by atoms with E-state index in [1.54, 1.807) is 30.3 Å². The van der Waals surface area contributed by atoms with Gasteiger partial charge in [-0.2, -0.15) is 0 Å². The van der Waals surface area contributed by atoms with E-state index >= 15 is 0 Å². The van der Waals surface area contributed by atoms with E-state index in [0.29, 0.717) is 26.8 Å². The lowest BCUT2D eigenvalue weighted by atomic mass is 10.2. The van der Waals surface area contributed by atoms with Gasteiger partial charge in [-0.25, -0.2) is 4.98 Å². The van der Waals surface area contributed by atoms with Crippen LogP contribution < -0.4 is 5.56 Å². The SMILES string of the molecule is Cc1c(Cl)cccc1-n1c(SCC(=O)OC(C)(C)C)nc2ccccc2c1=O. The number of thioether (sulfide) groups is 1. The van der Waals surface area contributed by atoms with Gasteiger partial charge in [0.25, 0.3) is 5.56 Å². The molecule has 0 aliphatic carbocycles. The number of carbonyl (C=O) groups excluding carboxylic acids is 1. The van der Waals surface area contributed by atoms with Gasteiger partial charge < -0.3 is 4.74 Å². The first-order valence-electron chi connectivity index (χ1n) is 8.79. The van der Waals surface area contributed by atoms with Crippen molar-refractivity contribution in [3.8, 4) is 5.69 Å². The fourth-order valence-electron chi connectivity index (χ4n) is 2.75. The Labute approximate surface area is 172 Å². The molecular weight excluding hydrogens is 396 g/mol. The third kappa shape index (κ3) is 4.39. The minimum atomic E-state index is -0.572. The summed E-state index contributed by atoms with van der Waals surface area (Å²) in [6, 6.07) is 12.5. The minimum Gasteiger partial charge on any atom is -0.459 e. The minimum absolute atomic E-state index is 0.0433. The van der Waals surface area contributed by atoms with Crippen LogP contribution in [-0.4, -0.2) is 26.9 Å². The van der Waals surface area contributed by atoms with Crippen LogP contribution >= 0.6 is 23.4 Å². The van der Waals surface area contributed by atoms with Gasteiger partial charge in [-0.05, 0) is 57.5 Å². The Morgan fingerprint density at radius 1 is 1.18 bits per heavy atom. The molecule has 3 aromatic rings. The molecule has 1 aromatic heterocycles. The second-order valence-corrected chi connectivity index (χ2v) is 8.66. The van der Waals surface area contributed by atoms with Crippen LogP contribution in [0, 0.1) is 6.92 Å². The Morgan fingerprint density at radius 2 is 1.89 bits per heavy atom. The summed E-state index contributed by atoms with van der Waals surface area (Å²) < 4.78 is 6.88. The van der Waals surface area contributed by atoms with Crippen molar-refractivity contribution in [1.82, 2.24) is 9.55 Å². The Bertz CT molecular complexity index is 1100. The van der Waals surface area contributed by atoms with E-state index < -0.39 is 5.60 Å². The highest BCUT2D eigenvalue weighted by molar-refractivity contribution is 7.99. The third-order valence-corrected chi connectivity index (χ3v) is 5.29. The van der Waals surface area contributed by atoms with Crippen LogP contribution in [0.3, 0.4) is 0 Å². The number of hydrogen-bond acceptors (Lipinski definition) is 5. The van der Waals surface area contributed by atoms with E-state index in [4.69, 9.17) is 16.3 Å². The summed E-state index contributed by atoms with van der Waals surface area (Å²) in [5, 5.41) is 1.48. The number of ether oxygens (including phenoxy) is 1. The molecule has 146 valence electrons. The molecule has 2 aromatic carbocycles. The number of aromatic nitrogens is 2. The van der Waals surface area contributed by atoms with E-state index in [1.165, 1.54) is 16.3 Å². The predicted molar refractivity (Wildman–Crippen MR) is 114 cm³/mol. The van der Waals surface area contributed by atoms with E-state index in [-0.39, 0.29) is 17.3 Å². The van der Waals surface area contributed by atoms with Gasteiger partial charge in [-0.3, -0.25) is 14.2 Å². The molecule has 0 fully saturated rings. The molecular formula is C21H21ClN2O3S. The van der Waals surface area contributed by atoms with Gasteiger partial charge >= 0.3 is 5.97 Å². The maximum atomic E-state index is 13.2. The van der Waals surface area contributed by atoms with Gasteiger partial charge in [0.05, 0.1) is 22.3 Å². The van der Waals surface area contributed by atoms with Crippen LogP contribution in [0.5, 0.6) is 0 Å². The van der Waals surface area contributed by atoms with Gasteiger partial charge in [-0.15, -0.1) is 0 Å². The van der Waals surface area contributed by atoms with Crippen LogP contribution in [0.1, 0.15) is 26.3 Å². The van der Waals surface area contributed by atoms with Crippen molar-refractivity contribution in [2.75, 3.05) is 5.75 Å². The summed E-state index contributed by atoms with van der Waals surface area (Å²) in [4.78, 5) is 30.0. The summed E-state index contributed by atoms with van der Waals surface area (Å²) in [6.07, 6.45) is 0. The molecule has 0 aliphatic heterocycles. The van der Waals surface area contributed by atoms with Crippen molar-refractivity contribution in [3.63, 3.8) is 0 Å². The zero-order valence-electron chi connectivity index (χ0n) is 16.2. The molecule has 7 heteroatoms. The van der Waals surface area contributed by atoms with Gasteiger partial charge in [0.2, 0.25) is 0 Å². The zero-order chi connectivity index (χ0) is 20.5. The predicted octanol–water partition coefficient (Wildman–Crippen LogP) is 4.78. The summed E-state index contributed by atoms with van der Waals surface area (Å²) in [7, 11) is 0. The van der Waals surface area contributed by atoms with Crippen LogP contribution in [0.25, 0.3) is 16.6 Å². The lowest BCUT2D eigenvalue weighted by molar-refractivity contribution is -0.151. The first-order valence-corrected chi connectivity index (χ1v) is 10.2. The summed E-state index contributed by atoms with van der Waals surface area (Å²) in [5.41, 5.74) is 1.21. The number of benzene rings is 2. The molecule has 1 heterocycles. The largest absolute Gasteiger partial charge is 0.459 e. The number of hydrogen-bond donors (Lipinski definition) is 0. The Balaban J connectivity index is 2.11. The van der Waals surface area contributed by atoms with Gasteiger partial charge in [0.1, 0.15) is 5.60 Å². The zero-order valence-corrected chi connectivity index (χ0v) is 17.7. The highest BCUT2D eigenvalue weighted by atomic mass is 35.5. The number of rotatable bonds is 4. The van der Waals surface area contributed by atoms with Crippen LogP contribution in [-0.2, 0) is 9.53 Å². The number of halogens is 1. The van der Waals surface area contributed by atoms with Crippen molar-refractivity contribution in [3.05, 3.63) is 63.4 Å². The van der Waals surface area contributed by atoms with E-state index in [2.05, 4.69) is 4.98 Å². The van der Waals surface area contributed by atoms with Crippen molar-refractivity contribution in [2.24, 2.45) is 0 Å². The summed E-state index contributed by atoms with van der Waals surface area (Å²) in [5.74, 6) is -0.323. The van der Waals surface area contributed by atoms with E-state index in [0.717, 1.165) is 5.56 Å². The molecule has 0 spiro atoms. The lowest BCUT2D eigenvalue weighted by Gasteiger charge is -2.20. The molecule has 0 saturated heterocycles. The number of para-hydroxylation sites is 1. The average Bonchev–Trinajstić information content (AvgIpc) is 2.62. The quantitative estimate of drug-likeness (QED) is 0.348. The van der Waals surface area contributed by atoms with Crippen molar-refractivity contribution in [2.45, 2.75) is 38.5 Å². The Hall–Kier alpha value is -2.31. The van der Waals surface area contributed by atoms with E-state index in [9.17, 15) is 9.59 Å². The third-order valence-electron chi connectivity index (χ3n) is 3.96. The van der Waals surface area contributed by atoms with Crippen LogP contribution in [0.4, 0.5) is 0 Å². The van der Waals surface area contributed by atoms with Crippen LogP contribution in [0.15, 0.2) is 52.4 Å². The van der Waals surface area contributed by atoms with Crippen molar-refractivity contribution < 1.29 is 9.53 Å². The molecule has 0 bridgehead atoms. The molecule has 0 radical (unpaired) electrons. The van der Waals surface area contributed by atoms with Gasteiger partial charge in [-0.1, -0.05) is 41.6 Å². The van der Waals surface area contributed by atoms with Crippen molar-refractivity contribution in [1.29, 1.82) is 0 Å². The first kappa shape index (κ1) is 20.4. The molecule has 0 unspecified atom stereocenters. The molecule has 5 nitrogen and oxygen atoms in total.